The number of likely N-dealkylation sites (tertiary alicyclic amines) is 1. The number of nitrogens with one attached hydrogen (secondary N) is 2. The molecular weight excluding hydrogens is 554 g/mol. The fraction of sp³-hybridized carbons (Fsp3) is 0.679. The van der Waals surface area contributed by atoms with Crippen LogP contribution in [0.15, 0.2) is 16.1 Å². The SMILES string of the molecule is O=C(NC1CN=CC(N2CCC(F)(F)CC2)=N1)c1c(N2CCC3(CC2)CC3)cc(NS(=O)(=O)CCO)c2c1CCC2. The van der Waals surface area contributed by atoms with E-state index in [1.165, 1.54) is 12.8 Å². The number of alkyl halides is 2. The van der Waals surface area contributed by atoms with Crippen molar-refractivity contribution in [3.63, 3.8) is 0 Å². The lowest BCUT2D eigenvalue weighted by Gasteiger charge is -2.36. The number of benzene rings is 1. The highest BCUT2D eigenvalue weighted by Gasteiger charge is 2.45. The molecule has 1 unspecified atom stereocenters. The van der Waals surface area contributed by atoms with Gasteiger partial charge < -0.3 is 20.2 Å². The minimum absolute atomic E-state index is 0.181. The number of aliphatic hydroxyl groups is 1. The predicted octanol–water partition coefficient (Wildman–Crippen LogP) is 2.56. The molecule has 2 saturated heterocycles. The first kappa shape index (κ1) is 28.3. The lowest BCUT2D eigenvalue weighted by molar-refractivity contribution is -0.0432. The van der Waals surface area contributed by atoms with Gasteiger partial charge in [0.2, 0.25) is 10.0 Å². The number of piperidine rings is 2. The summed E-state index contributed by atoms with van der Waals surface area (Å²) < 4.78 is 55.3. The molecule has 3 heterocycles. The third-order valence-corrected chi connectivity index (χ3v) is 10.5. The van der Waals surface area contributed by atoms with Gasteiger partial charge in [-0.3, -0.25) is 14.5 Å². The van der Waals surface area contributed by atoms with Crippen LogP contribution in [0.3, 0.4) is 0 Å². The van der Waals surface area contributed by atoms with Gasteiger partial charge in [-0.1, -0.05) is 0 Å². The van der Waals surface area contributed by atoms with Crippen molar-refractivity contribution in [1.82, 2.24) is 10.2 Å². The fourth-order valence-corrected chi connectivity index (χ4v) is 7.45. The zero-order valence-electron chi connectivity index (χ0n) is 23.2. The van der Waals surface area contributed by atoms with Crippen molar-refractivity contribution in [1.29, 1.82) is 0 Å². The smallest absolute Gasteiger partial charge is 0.255 e. The number of aliphatic hydroxyl groups excluding tert-OH is 1. The first-order valence-corrected chi connectivity index (χ1v) is 16.3. The number of sulfonamides is 1. The molecule has 1 aromatic rings. The Labute approximate surface area is 239 Å². The third-order valence-electron chi connectivity index (χ3n) is 9.25. The Kier molecular flexibility index (Phi) is 7.46. The minimum atomic E-state index is -3.75. The number of aliphatic imine (C=N–C) groups is 2. The van der Waals surface area contributed by atoms with Crippen molar-refractivity contribution in [2.75, 3.05) is 54.7 Å². The first-order valence-electron chi connectivity index (χ1n) is 14.6. The lowest BCUT2D eigenvalue weighted by Crippen LogP contribution is -2.47. The van der Waals surface area contributed by atoms with Gasteiger partial charge in [0.25, 0.3) is 11.8 Å². The second kappa shape index (κ2) is 10.8. The molecule has 6 rings (SSSR count). The number of hydrogen-bond acceptors (Lipinski definition) is 8. The molecule has 1 atom stereocenters. The van der Waals surface area contributed by atoms with E-state index in [4.69, 9.17) is 0 Å². The van der Waals surface area contributed by atoms with E-state index in [0.717, 1.165) is 43.5 Å². The average Bonchev–Trinajstić information content (AvgIpc) is 3.48. The van der Waals surface area contributed by atoms with Gasteiger partial charge in [-0.25, -0.2) is 22.2 Å². The summed E-state index contributed by atoms with van der Waals surface area (Å²) in [5, 5.41) is 12.3. The summed E-state index contributed by atoms with van der Waals surface area (Å²) in [6.07, 6.45) is 7.13. The maximum absolute atomic E-state index is 14.0. The standard InChI is InChI=1S/C28H38F2N6O4S/c29-28(30)8-12-36(13-9-28)24-18-31-17-23(32-24)33-26(38)25-20-3-1-2-19(20)21(34-41(39,40)15-14-37)16-22(25)35-10-6-27(4-5-27)7-11-35/h16,18,23,34,37H,1-15,17H2,(H,33,38). The number of anilines is 2. The number of carbonyl (C=O) groups excluding carboxylic acids is 1. The molecule has 224 valence electrons. The van der Waals surface area contributed by atoms with Crippen LogP contribution in [-0.2, 0) is 22.9 Å². The summed E-state index contributed by atoms with van der Waals surface area (Å²) in [5.74, 6) is -2.85. The molecule has 0 aromatic heterocycles. The molecule has 1 saturated carbocycles. The van der Waals surface area contributed by atoms with Crippen molar-refractivity contribution in [3.05, 3.63) is 22.8 Å². The van der Waals surface area contributed by atoms with E-state index in [1.807, 2.05) is 0 Å². The van der Waals surface area contributed by atoms with Crippen LogP contribution in [0.1, 0.15) is 66.4 Å². The molecule has 0 bridgehead atoms. The Bertz CT molecular complexity index is 1360. The van der Waals surface area contributed by atoms with E-state index < -0.39 is 34.5 Å². The number of halogens is 2. The maximum atomic E-state index is 14.0. The van der Waals surface area contributed by atoms with Gasteiger partial charge in [-0.2, -0.15) is 0 Å². The molecule has 2 aliphatic carbocycles. The molecule has 1 amide bonds. The molecule has 1 aromatic carbocycles. The Morgan fingerprint density at radius 1 is 1.02 bits per heavy atom. The highest BCUT2D eigenvalue weighted by molar-refractivity contribution is 7.92. The highest BCUT2D eigenvalue weighted by atomic mass is 32.2. The van der Waals surface area contributed by atoms with Crippen molar-refractivity contribution in [2.45, 2.75) is 69.9 Å². The maximum Gasteiger partial charge on any atom is 0.255 e. The van der Waals surface area contributed by atoms with Gasteiger partial charge in [0.1, 0.15) is 12.0 Å². The van der Waals surface area contributed by atoms with Crippen molar-refractivity contribution < 1.29 is 27.1 Å². The van der Waals surface area contributed by atoms with Crippen molar-refractivity contribution in [2.24, 2.45) is 15.4 Å². The van der Waals surface area contributed by atoms with E-state index in [1.54, 1.807) is 17.2 Å². The summed E-state index contributed by atoms with van der Waals surface area (Å²) in [5.41, 5.74) is 3.82. The molecule has 41 heavy (non-hydrogen) atoms. The zero-order chi connectivity index (χ0) is 28.8. The largest absolute Gasteiger partial charge is 0.395 e. The van der Waals surface area contributed by atoms with E-state index in [-0.39, 0.29) is 38.4 Å². The van der Waals surface area contributed by atoms with E-state index >= 15 is 0 Å². The lowest BCUT2D eigenvalue weighted by atomic mass is 9.91. The molecule has 0 radical (unpaired) electrons. The fourth-order valence-electron chi connectivity index (χ4n) is 6.59. The molecule has 3 N–H and O–H groups in total. The molecule has 3 aliphatic heterocycles. The number of rotatable bonds is 7. The van der Waals surface area contributed by atoms with Crippen LogP contribution in [0.4, 0.5) is 20.2 Å². The van der Waals surface area contributed by atoms with Crippen LogP contribution in [0.25, 0.3) is 0 Å². The normalized spacial score (nSPS) is 24.7. The number of carbonyl (C=O) groups is 1. The first-order chi connectivity index (χ1) is 19.6. The monoisotopic (exact) mass is 592 g/mol. The topological polar surface area (TPSA) is 127 Å². The van der Waals surface area contributed by atoms with Gasteiger partial charge in [0.15, 0.2) is 0 Å². The minimum Gasteiger partial charge on any atom is -0.395 e. The molecular formula is C28H38F2N6O4S. The summed E-state index contributed by atoms with van der Waals surface area (Å²) in [6, 6.07) is 1.79. The van der Waals surface area contributed by atoms with Gasteiger partial charge in [0, 0.05) is 39.0 Å². The Balaban J connectivity index is 1.29. The number of hydrogen-bond donors (Lipinski definition) is 3. The van der Waals surface area contributed by atoms with Gasteiger partial charge in [0.05, 0.1) is 42.1 Å². The molecule has 3 fully saturated rings. The number of fused-ring (bicyclic) bond motifs is 1. The quantitative estimate of drug-likeness (QED) is 0.447. The Morgan fingerprint density at radius 3 is 2.39 bits per heavy atom. The molecule has 10 nitrogen and oxygen atoms in total. The van der Waals surface area contributed by atoms with Gasteiger partial charge in [-0.15, -0.1) is 0 Å². The zero-order valence-corrected chi connectivity index (χ0v) is 24.0. The van der Waals surface area contributed by atoms with Crippen molar-refractivity contribution >= 4 is 39.4 Å². The summed E-state index contributed by atoms with van der Waals surface area (Å²) in [7, 11) is -3.75. The number of nitrogens with zero attached hydrogens (tertiary/aromatic N) is 4. The third kappa shape index (κ3) is 6.06. The van der Waals surface area contributed by atoms with E-state index in [9.17, 15) is 27.1 Å². The van der Waals surface area contributed by atoms with E-state index in [0.29, 0.717) is 41.0 Å². The predicted molar refractivity (Wildman–Crippen MR) is 154 cm³/mol. The van der Waals surface area contributed by atoms with Crippen LogP contribution in [0.5, 0.6) is 0 Å². The van der Waals surface area contributed by atoms with Crippen LogP contribution in [-0.4, -0.2) is 93.6 Å². The second-order valence-electron chi connectivity index (χ2n) is 12.1. The highest BCUT2D eigenvalue weighted by Crippen LogP contribution is 2.54. The van der Waals surface area contributed by atoms with Gasteiger partial charge in [-0.05, 0) is 67.6 Å². The average molecular weight is 593 g/mol. The van der Waals surface area contributed by atoms with Crippen molar-refractivity contribution in [3.8, 4) is 0 Å². The Morgan fingerprint density at radius 2 is 1.71 bits per heavy atom. The van der Waals surface area contributed by atoms with Crippen LogP contribution in [0.2, 0.25) is 0 Å². The van der Waals surface area contributed by atoms with Gasteiger partial charge >= 0.3 is 0 Å². The molecule has 1 spiro atoms. The number of amidine groups is 1. The molecule has 5 aliphatic rings. The van der Waals surface area contributed by atoms with Crippen LogP contribution < -0.4 is 14.9 Å². The molecule has 13 heteroatoms. The second-order valence-corrected chi connectivity index (χ2v) is 13.9. The Hall–Kier alpha value is -2.80. The number of amides is 1. The van der Waals surface area contributed by atoms with Crippen LogP contribution in [0, 0.1) is 5.41 Å². The van der Waals surface area contributed by atoms with E-state index in [2.05, 4.69) is 24.9 Å². The van der Waals surface area contributed by atoms with Crippen LogP contribution >= 0.6 is 0 Å². The summed E-state index contributed by atoms with van der Waals surface area (Å²) >= 11 is 0. The summed E-state index contributed by atoms with van der Waals surface area (Å²) in [4.78, 5) is 27.0. The summed E-state index contributed by atoms with van der Waals surface area (Å²) in [6.45, 7) is 1.71.